The summed E-state index contributed by atoms with van der Waals surface area (Å²) >= 11 is 0. The summed E-state index contributed by atoms with van der Waals surface area (Å²) in [5.41, 5.74) is 1.86. The van der Waals surface area contributed by atoms with Gasteiger partial charge in [-0.1, -0.05) is 19.9 Å². The van der Waals surface area contributed by atoms with Crippen LogP contribution in [0.25, 0.3) is 0 Å². The van der Waals surface area contributed by atoms with Gasteiger partial charge in [0, 0.05) is 62.7 Å². The lowest BCUT2D eigenvalue weighted by molar-refractivity contribution is -0.135. The zero-order valence-corrected chi connectivity index (χ0v) is 15.4. The smallest absolute Gasteiger partial charge is 0.225 e. The van der Waals surface area contributed by atoms with Crippen molar-refractivity contribution in [3.8, 4) is 0 Å². The Kier molecular flexibility index (Phi) is 5.08. The van der Waals surface area contributed by atoms with Crippen LogP contribution < -0.4 is 5.32 Å². The summed E-state index contributed by atoms with van der Waals surface area (Å²) in [6.07, 6.45) is 0.493. The Balaban J connectivity index is 1.79. The van der Waals surface area contributed by atoms with E-state index in [4.69, 9.17) is 0 Å². The Morgan fingerprint density at radius 3 is 2.76 bits per heavy atom. The molecule has 0 bridgehead atoms. The number of hydrogen-bond acceptors (Lipinski definition) is 4. The molecule has 136 valence electrons. The predicted molar refractivity (Wildman–Crippen MR) is 95.7 cm³/mol. The second-order valence-electron chi connectivity index (χ2n) is 7.85. The van der Waals surface area contributed by atoms with Gasteiger partial charge in [-0.2, -0.15) is 0 Å². The number of aryl methyl sites for hydroxylation is 1. The predicted octanol–water partition coefficient (Wildman–Crippen LogP) is 1.20. The van der Waals surface area contributed by atoms with E-state index in [0.717, 1.165) is 31.0 Å². The molecule has 1 unspecified atom stereocenters. The van der Waals surface area contributed by atoms with Gasteiger partial charge in [-0.15, -0.1) is 0 Å². The third-order valence-electron chi connectivity index (χ3n) is 5.10. The van der Waals surface area contributed by atoms with Crippen molar-refractivity contribution in [3.05, 3.63) is 29.6 Å². The first-order valence-electron chi connectivity index (χ1n) is 9.07. The molecule has 0 aliphatic carbocycles. The number of carbonyl (C=O) groups excluding carboxylic acids is 2. The number of rotatable bonds is 3. The molecule has 0 radical (unpaired) electrons. The average molecular weight is 344 g/mol. The topological polar surface area (TPSA) is 65.5 Å². The molecule has 6 nitrogen and oxygen atoms in total. The lowest BCUT2D eigenvalue weighted by Crippen LogP contribution is -2.45. The minimum Gasteiger partial charge on any atom is -0.355 e. The first-order valence-corrected chi connectivity index (χ1v) is 9.07. The molecule has 2 fully saturated rings. The molecule has 3 heterocycles. The SMILES string of the molecule is Cc1cccc(CN2CCN(C(=O)C(C)C)CC3(CNC(=O)C3)C2)n1. The van der Waals surface area contributed by atoms with Crippen molar-refractivity contribution in [1.29, 1.82) is 0 Å². The zero-order chi connectivity index (χ0) is 18.0. The maximum atomic E-state index is 12.6. The second-order valence-corrected chi connectivity index (χ2v) is 7.85. The van der Waals surface area contributed by atoms with Crippen LogP contribution in [0.3, 0.4) is 0 Å². The monoisotopic (exact) mass is 344 g/mol. The number of nitrogens with zero attached hydrogens (tertiary/aromatic N) is 3. The lowest BCUT2D eigenvalue weighted by Gasteiger charge is -2.33. The fourth-order valence-electron chi connectivity index (χ4n) is 3.93. The van der Waals surface area contributed by atoms with Crippen LogP contribution in [0.4, 0.5) is 0 Å². The van der Waals surface area contributed by atoms with Gasteiger partial charge in [0.05, 0.1) is 5.69 Å². The minimum absolute atomic E-state index is 0.0212. The summed E-state index contributed by atoms with van der Waals surface area (Å²) in [6, 6.07) is 6.07. The van der Waals surface area contributed by atoms with Gasteiger partial charge in [0.2, 0.25) is 11.8 Å². The van der Waals surface area contributed by atoms with Crippen LogP contribution in [0.2, 0.25) is 0 Å². The third kappa shape index (κ3) is 4.18. The van der Waals surface area contributed by atoms with Crippen molar-refractivity contribution in [2.24, 2.45) is 11.3 Å². The Morgan fingerprint density at radius 1 is 1.32 bits per heavy atom. The molecule has 0 saturated carbocycles. The molecule has 6 heteroatoms. The highest BCUT2D eigenvalue weighted by Gasteiger charge is 2.44. The zero-order valence-electron chi connectivity index (χ0n) is 15.4. The van der Waals surface area contributed by atoms with E-state index in [1.165, 1.54) is 0 Å². The fourth-order valence-corrected chi connectivity index (χ4v) is 3.93. The summed E-state index contributed by atoms with van der Waals surface area (Å²) in [6.45, 7) is 10.2. The van der Waals surface area contributed by atoms with E-state index >= 15 is 0 Å². The summed E-state index contributed by atoms with van der Waals surface area (Å²) in [7, 11) is 0. The molecule has 1 atom stereocenters. The van der Waals surface area contributed by atoms with Crippen LogP contribution >= 0.6 is 0 Å². The van der Waals surface area contributed by atoms with E-state index in [1.807, 2.05) is 43.9 Å². The summed E-state index contributed by atoms with van der Waals surface area (Å²) in [5, 5.41) is 2.97. The van der Waals surface area contributed by atoms with Crippen LogP contribution in [0, 0.1) is 18.3 Å². The molecule has 2 saturated heterocycles. The van der Waals surface area contributed by atoms with Crippen LogP contribution in [0.5, 0.6) is 0 Å². The van der Waals surface area contributed by atoms with Crippen LogP contribution in [-0.4, -0.2) is 59.3 Å². The number of nitrogens with one attached hydrogen (secondary N) is 1. The van der Waals surface area contributed by atoms with Gasteiger partial charge in [0.1, 0.15) is 0 Å². The van der Waals surface area contributed by atoms with Gasteiger partial charge < -0.3 is 10.2 Å². The van der Waals surface area contributed by atoms with E-state index in [2.05, 4.69) is 15.2 Å². The average Bonchev–Trinajstić information content (AvgIpc) is 2.81. The molecular weight excluding hydrogens is 316 g/mol. The number of amides is 2. The van der Waals surface area contributed by atoms with Gasteiger partial charge in [-0.25, -0.2) is 0 Å². The highest BCUT2D eigenvalue weighted by Crippen LogP contribution is 2.31. The quantitative estimate of drug-likeness (QED) is 0.895. The number of carbonyl (C=O) groups is 2. The first kappa shape index (κ1) is 17.9. The van der Waals surface area contributed by atoms with E-state index in [0.29, 0.717) is 26.1 Å². The maximum absolute atomic E-state index is 12.6. The normalized spacial score (nSPS) is 24.6. The first-order chi connectivity index (χ1) is 11.9. The Labute approximate surface area is 149 Å². The molecular formula is C19H28N4O2. The van der Waals surface area contributed by atoms with Gasteiger partial charge >= 0.3 is 0 Å². The van der Waals surface area contributed by atoms with E-state index in [1.54, 1.807) is 0 Å². The summed E-state index contributed by atoms with van der Waals surface area (Å²) in [5.74, 6) is 0.244. The van der Waals surface area contributed by atoms with Crippen molar-refractivity contribution >= 4 is 11.8 Å². The fraction of sp³-hybridized carbons (Fsp3) is 0.632. The number of hydrogen-bond donors (Lipinski definition) is 1. The third-order valence-corrected chi connectivity index (χ3v) is 5.10. The van der Waals surface area contributed by atoms with Crippen LogP contribution in [-0.2, 0) is 16.1 Å². The minimum atomic E-state index is -0.193. The van der Waals surface area contributed by atoms with Crippen molar-refractivity contribution in [2.75, 3.05) is 32.7 Å². The van der Waals surface area contributed by atoms with Crippen molar-refractivity contribution in [2.45, 2.75) is 33.7 Å². The molecule has 3 rings (SSSR count). The van der Waals surface area contributed by atoms with E-state index in [-0.39, 0.29) is 23.1 Å². The molecule has 1 spiro atoms. The molecule has 2 aliphatic heterocycles. The van der Waals surface area contributed by atoms with Gasteiger partial charge in [0.15, 0.2) is 0 Å². The molecule has 2 amide bonds. The van der Waals surface area contributed by atoms with Crippen LogP contribution in [0.15, 0.2) is 18.2 Å². The van der Waals surface area contributed by atoms with Crippen molar-refractivity contribution in [1.82, 2.24) is 20.1 Å². The Bertz CT molecular complexity index is 661. The number of pyridine rings is 1. The van der Waals surface area contributed by atoms with Gasteiger partial charge in [0.25, 0.3) is 0 Å². The summed E-state index contributed by atoms with van der Waals surface area (Å²) in [4.78, 5) is 33.4. The standard InChI is InChI=1S/C19H28N4O2/c1-14(2)18(25)23-8-7-22(10-16-6-4-5-15(3)21-16)12-19(13-23)9-17(24)20-11-19/h4-6,14H,7-13H2,1-3H3,(H,20,24). The Hall–Kier alpha value is -1.95. The molecule has 1 aromatic heterocycles. The number of aromatic nitrogens is 1. The van der Waals surface area contributed by atoms with E-state index < -0.39 is 0 Å². The summed E-state index contributed by atoms with van der Waals surface area (Å²) < 4.78 is 0. The molecule has 25 heavy (non-hydrogen) atoms. The van der Waals surface area contributed by atoms with Crippen molar-refractivity contribution < 1.29 is 9.59 Å². The van der Waals surface area contributed by atoms with E-state index in [9.17, 15) is 9.59 Å². The van der Waals surface area contributed by atoms with Gasteiger partial charge in [-0.05, 0) is 19.1 Å². The molecule has 1 N–H and O–H groups in total. The van der Waals surface area contributed by atoms with Crippen molar-refractivity contribution in [3.63, 3.8) is 0 Å². The highest BCUT2D eigenvalue weighted by molar-refractivity contribution is 5.80. The van der Waals surface area contributed by atoms with Gasteiger partial charge in [-0.3, -0.25) is 19.5 Å². The molecule has 0 aromatic carbocycles. The molecule has 1 aromatic rings. The second kappa shape index (κ2) is 7.12. The molecule has 2 aliphatic rings. The van der Waals surface area contributed by atoms with Crippen LogP contribution in [0.1, 0.15) is 31.7 Å². The maximum Gasteiger partial charge on any atom is 0.225 e. The highest BCUT2D eigenvalue weighted by atomic mass is 16.2. The Morgan fingerprint density at radius 2 is 2.12 bits per heavy atom. The largest absolute Gasteiger partial charge is 0.355 e. The lowest BCUT2D eigenvalue weighted by atomic mass is 9.85.